The number of anilines is 3. The highest BCUT2D eigenvalue weighted by atomic mass is 19.1. The van der Waals surface area contributed by atoms with Crippen LogP contribution in [0.3, 0.4) is 0 Å². The predicted octanol–water partition coefficient (Wildman–Crippen LogP) is 2.79. The van der Waals surface area contributed by atoms with Crippen molar-refractivity contribution in [1.82, 2.24) is 15.0 Å². The number of hydrogen-bond acceptors (Lipinski definition) is 7. The number of nitrogens with one attached hydrogen (secondary N) is 1. The van der Waals surface area contributed by atoms with Crippen molar-refractivity contribution >= 4 is 17.6 Å². The maximum Gasteiger partial charge on any atom is 0.232 e. The van der Waals surface area contributed by atoms with E-state index in [2.05, 4.69) is 20.3 Å². The van der Waals surface area contributed by atoms with Gasteiger partial charge in [0.15, 0.2) is 5.82 Å². The van der Waals surface area contributed by atoms with E-state index in [4.69, 9.17) is 15.7 Å². The summed E-state index contributed by atoms with van der Waals surface area (Å²) in [4.78, 5) is 12.2. The number of nitrogen functional groups attached to an aromatic ring is 1. The summed E-state index contributed by atoms with van der Waals surface area (Å²) < 4.78 is 18.5. The summed E-state index contributed by atoms with van der Waals surface area (Å²) in [6.07, 6.45) is 0. The Labute approximate surface area is 142 Å². The first-order valence-corrected chi connectivity index (χ1v) is 7.29. The highest BCUT2D eigenvalue weighted by Gasteiger charge is 2.08. The summed E-state index contributed by atoms with van der Waals surface area (Å²) in [5.74, 6) is 0.617. The van der Waals surface area contributed by atoms with Gasteiger partial charge in [0, 0.05) is 5.69 Å². The van der Waals surface area contributed by atoms with Crippen LogP contribution in [0.5, 0.6) is 5.75 Å². The third-order valence-electron chi connectivity index (χ3n) is 3.16. The van der Waals surface area contributed by atoms with Crippen molar-refractivity contribution in [3.05, 3.63) is 65.7 Å². The lowest BCUT2D eigenvalue weighted by molar-refractivity contribution is 0.295. The van der Waals surface area contributed by atoms with Crippen LogP contribution in [0.25, 0.3) is 0 Å². The Hall–Kier alpha value is -3.73. The van der Waals surface area contributed by atoms with Gasteiger partial charge in [-0.1, -0.05) is 12.1 Å². The standard InChI is InChI=1S/C17H13FN6O/c18-12-5-7-13(8-6-12)21-17-23-15(22-16(20)24-17)10-25-14-4-2-1-3-11(14)9-19/h1-8H,10H2,(H3,20,21,22,23,24). The number of hydrogen-bond donors (Lipinski definition) is 2. The average Bonchev–Trinajstić information content (AvgIpc) is 2.62. The van der Waals surface area contributed by atoms with Crippen LogP contribution in [0.15, 0.2) is 48.5 Å². The molecule has 0 aliphatic rings. The number of nitriles is 1. The molecule has 3 rings (SSSR count). The fourth-order valence-electron chi connectivity index (χ4n) is 2.05. The monoisotopic (exact) mass is 336 g/mol. The lowest BCUT2D eigenvalue weighted by atomic mass is 10.2. The number of aromatic nitrogens is 3. The fraction of sp³-hybridized carbons (Fsp3) is 0.0588. The second-order valence-corrected chi connectivity index (χ2v) is 4.96. The lowest BCUT2D eigenvalue weighted by Gasteiger charge is -2.09. The molecular formula is C17H13FN6O. The Bertz CT molecular complexity index is 923. The number of rotatable bonds is 5. The first kappa shape index (κ1) is 16.1. The van der Waals surface area contributed by atoms with E-state index < -0.39 is 0 Å². The number of ether oxygens (including phenoxy) is 1. The Kier molecular flexibility index (Phi) is 4.67. The molecule has 0 radical (unpaired) electrons. The molecule has 7 nitrogen and oxygen atoms in total. The molecule has 1 heterocycles. The second-order valence-electron chi connectivity index (χ2n) is 4.96. The van der Waals surface area contributed by atoms with E-state index in [-0.39, 0.29) is 24.3 Å². The molecule has 0 spiro atoms. The fourth-order valence-corrected chi connectivity index (χ4v) is 2.05. The zero-order chi connectivity index (χ0) is 17.6. The van der Waals surface area contributed by atoms with Crippen molar-refractivity contribution < 1.29 is 9.13 Å². The van der Waals surface area contributed by atoms with Crippen LogP contribution in [-0.4, -0.2) is 15.0 Å². The van der Waals surface area contributed by atoms with Gasteiger partial charge in [-0.05, 0) is 36.4 Å². The Morgan fingerprint density at radius 3 is 2.60 bits per heavy atom. The second kappa shape index (κ2) is 7.23. The highest BCUT2D eigenvalue weighted by molar-refractivity contribution is 5.53. The van der Waals surface area contributed by atoms with Gasteiger partial charge in [-0.3, -0.25) is 0 Å². The number of nitrogens with zero attached hydrogens (tertiary/aromatic N) is 4. The SMILES string of the molecule is N#Cc1ccccc1OCc1nc(N)nc(Nc2ccc(F)cc2)n1. The molecule has 8 heteroatoms. The molecular weight excluding hydrogens is 323 g/mol. The first-order chi connectivity index (χ1) is 12.1. The van der Waals surface area contributed by atoms with E-state index >= 15 is 0 Å². The maximum atomic E-state index is 12.9. The van der Waals surface area contributed by atoms with Gasteiger partial charge in [0.1, 0.15) is 24.2 Å². The third-order valence-corrected chi connectivity index (χ3v) is 3.16. The number of para-hydroxylation sites is 1. The van der Waals surface area contributed by atoms with Crippen molar-refractivity contribution in [2.45, 2.75) is 6.61 Å². The number of benzene rings is 2. The van der Waals surface area contributed by atoms with Crippen LogP contribution in [0.1, 0.15) is 11.4 Å². The summed E-state index contributed by atoms with van der Waals surface area (Å²) in [6.45, 7) is 0.0174. The van der Waals surface area contributed by atoms with Gasteiger partial charge in [-0.25, -0.2) is 4.39 Å². The molecule has 3 aromatic rings. The molecule has 0 amide bonds. The van der Waals surface area contributed by atoms with Gasteiger partial charge >= 0.3 is 0 Å². The molecule has 0 saturated heterocycles. The molecule has 3 N–H and O–H groups in total. The third kappa shape index (κ3) is 4.17. The van der Waals surface area contributed by atoms with E-state index in [1.54, 1.807) is 36.4 Å². The zero-order valence-electron chi connectivity index (χ0n) is 13.0. The van der Waals surface area contributed by atoms with Gasteiger partial charge < -0.3 is 15.8 Å². The van der Waals surface area contributed by atoms with Crippen molar-refractivity contribution in [2.24, 2.45) is 0 Å². The molecule has 0 atom stereocenters. The number of nitrogens with two attached hydrogens (primary N) is 1. The molecule has 0 fully saturated rings. The highest BCUT2D eigenvalue weighted by Crippen LogP contribution is 2.18. The molecule has 0 bridgehead atoms. The van der Waals surface area contributed by atoms with Crippen molar-refractivity contribution in [3.8, 4) is 11.8 Å². The minimum Gasteiger partial charge on any atom is -0.484 e. The van der Waals surface area contributed by atoms with Gasteiger partial charge in [-0.15, -0.1) is 0 Å². The molecule has 0 unspecified atom stereocenters. The van der Waals surface area contributed by atoms with Gasteiger partial charge in [0.25, 0.3) is 0 Å². The van der Waals surface area contributed by atoms with E-state index in [1.807, 2.05) is 6.07 Å². The molecule has 1 aromatic heterocycles. The van der Waals surface area contributed by atoms with Gasteiger partial charge in [0.05, 0.1) is 5.56 Å². The van der Waals surface area contributed by atoms with Crippen LogP contribution < -0.4 is 15.8 Å². The average molecular weight is 336 g/mol. The summed E-state index contributed by atoms with van der Waals surface area (Å²) in [6, 6.07) is 14.6. The summed E-state index contributed by atoms with van der Waals surface area (Å²) in [5.41, 5.74) is 6.71. The minimum atomic E-state index is -0.342. The van der Waals surface area contributed by atoms with Crippen LogP contribution in [0.4, 0.5) is 22.0 Å². The van der Waals surface area contributed by atoms with Crippen molar-refractivity contribution in [1.29, 1.82) is 5.26 Å². The minimum absolute atomic E-state index is 0.0174. The Morgan fingerprint density at radius 2 is 1.84 bits per heavy atom. The summed E-state index contributed by atoms with van der Waals surface area (Å²) in [5, 5.41) is 12.0. The molecule has 0 aliphatic carbocycles. The maximum absolute atomic E-state index is 12.9. The van der Waals surface area contributed by atoms with Gasteiger partial charge in [-0.2, -0.15) is 20.2 Å². The zero-order valence-corrected chi connectivity index (χ0v) is 13.0. The first-order valence-electron chi connectivity index (χ1n) is 7.29. The predicted molar refractivity (Wildman–Crippen MR) is 89.4 cm³/mol. The smallest absolute Gasteiger partial charge is 0.232 e. The van der Waals surface area contributed by atoms with Crippen molar-refractivity contribution in [3.63, 3.8) is 0 Å². The van der Waals surface area contributed by atoms with E-state index in [9.17, 15) is 4.39 Å². The molecule has 0 saturated carbocycles. The van der Waals surface area contributed by atoms with E-state index in [0.29, 0.717) is 22.8 Å². The topological polar surface area (TPSA) is 110 Å². The Balaban J connectivity index is 1.75. The number of halogens is 1. The molecule has 124 valence electrons. The van der Waals surface area contributed by atoms with Crippen molar-refractivity contribution in [2.75, 3.05) is 11.1 Å². The summed E-state index contributed by atoms with van der Waals surface area (Å²) in [7, 11) is 0. The largest absolute Gasteiger partial charge is 0.484 e. The van der Waals surface area contributed by atoms with Crippen LogP contribution >= 0.6 is 0 Å². The Morgan fingerprint density at radius 1 is 1.08 bits per heavy atom. The normalized spacial score (nSPS) is 10.1. The quantitative estimate of drug-likeness (QED) is 0.737. The van der Waals surface area contributed by atoms with Crippen LogP contribution in [0.2, 0.25) is 0 Å². The lowest BCUT2D eigenvalue weighted by Crippen LogP contribution is -2.09. The molecule has 0 aliphatic heterocycles. The van der Waals surface area contributed by atoms with Crippen LogP contribution in [-0.2, 0) is 6.61 Å². The van der Waals surface area contributed by atoms with Gasteiger partial charge in [0.2, 0.25) is 11.9 Å². The van der Waals surface area contributed by atoms with Crippen LogP contribution in [0, 0.1) is 17.1 Å². The van der Waals surface area contributed by atoms with E-state index in [1.165, 1.54) is 12.1 Å². The van der Waals surface area contributed by atoms with E-state index in [0.717, 1.165) is 0 Å². The molecule has 2 aromatic carbocycles. The summed E-state index contributed by atoms with van der Waals surface area (Å²) >= 11 is 0. The molecule has 25 heavy (non-hydrogen) atoms.